The predicted molar refractivity (Wildman–Crippen MR) is 59.5 cm³/mol. The summed E-state index contributed by atoms with van der Waals surface area (Å²) in [5.74, 6) is 0.836. The number of hydrogen-bond donors (Lipinski definition) is 2. The van der Waals surface area contributed by atoms with Gasteiger partial charge >= 0.3 is 0 Å². The molecule has 0 saturated heterocycles. The molecule has 3 nitrogen and oxygen atoms in total. The highest BCUT2D eigenvalue weighted by Crippen LogP contribution is 2.13. The Hall–Kier alpha value is -1.22. The molecule has 3 N–H and O–H groups in total. The summed E-state index contributed by atoms with van der Waals surface area (Å²) in [5.41, 5.74) is 6.35. The van der Waals surface area contributed by atoms with Crippen molar-refractivity contribution in [1.29, 1.82) is 0 Å². The van der Waals surface area contributed by atoms with Crippen LogP contribution in [-0.2, 0) is 0 Å². The minimum Gasteiger partial charge on any atom is -0.492 e. The third-order valence-corrected chi connectivity index (χ3v) is 1.83. The smallest absolute Gasteiger partial charge is 0.121 e. The van der Waals surface area contributed by atoms with Crippen molar-refractivity contribution in [2.24, 2.45) is 0 Å². The molecule has 0 heterocycles. The number of benzene rings is 1. The van der Waals surface area contributed by atoms with Gasteiger partial charge in [-0.15, -0.1) is 0 Å². The second-order valence-corrected chi connectivity index (χ2v) is 3.17. The van der Waals surface area contributed by atoms with Crippen LogP contribution in [0.15, 0.2) is 24.3 Å². The molecule has 3 heteroatoms. The van der Waals surface area contributed by atoms with E-state index in [1.165, 1.54) is 0 Å². The van der Waals surface area contributed by atoms with Crippen LogP contribution in [0.1, 0.15) is 13.3 Å². The zero-order valence-corrected chi connectivity index (χ0v) is 8.62. The fourth-order valence-electron chi connectivity index (χ4n) is 1.15. The zero-order chi connectivity index (χ0) is 10.2. The van der Waals surface area contributed by atoms with E-state index in [9.17, 15) is 0 Å². The summed E-state index contributed by atoms with van der Waals surface area (Å²) in [6.45, 7) is 4.75. The van der Waals surface area contributed by atoms with Gasteiger partial charge in [0, 0.05) is 18.3 Å². The quantitative estimate of drug-likeness (QED) is 0.534. The molecule has 0 aromatic heterocycles. The lowest BCUT2D eigenvalue weighted by molar-refractivity contribution is 0.314. The Kier molecular flexibility index (Phi) is 4.86. The maximum atomic E-state index is 5.61. The highest BCUT2D eigenvalue weighted by atomic mass is 16.5. The van der Waals surface area contributed by atoms with Crippen molar-refractivity contribution in [3.05, 3.63) is 24.3 Å². The van der Waals surface area contributed by atoms with E-state index in [2.05, 4.69) is 12.2 Å². The first kappa shape index (κ1) is 10.9. The summed E-state index contributed by atoms with van der Waals surface area (Å²) in [6, 6.07) is 7.49. The van der Waals surface area contributed by atoms with Gasteiger partial charge in [0.05, 0.1) is 0 Å². The molecule has 0 spiro atoms. The van der Waals surface area contributed by atoms with Crippen molar-refractivity contribution < 1.29 is 4.74 Å². The number of rotatable bonds is 6. The normalized spacial score (nSPS) is 10.1. The average molecular weight is 194 g/mol. The highest BCUT2D eigenvalue weighted by molar-refractivity contribution is 5.43. The second-order valence-electron chi connectivity index (χ2n) is 3.17. The standard InChI is InChI=1S/C11H18N2O/c1-2-6-13-7-8-14-11-5-3-4-10(12)9-11/h3-5,9,13H,2,6-8,12H2,1H3. The number of ether oxygens (including phenoxy) is 1. The minimum atomic E-state index is 0.684. The molecule has 1 aromatic carbocycles. The molecule has 0 unspecified atom stereocenters. The van der Waals surface area contributed by atoms with Crippen molar-refractivity contribution in [2.45, 2.75) is 13.3 Å². The van der Waals surface area contributed by atoms with Crippen LogP contribution in [0.4, 0.5) is 5.69 Å². The van der Waals surface area contributed by atoms with E-state index in [0.29, 0.717) is 6.61 Å². The molecule has 0 saturated carbocycles. The average Bonchev–Trinajstić information content (AvgIpc) is 2.18. The first-order chi connectivity index (χ1) is 6.83. The maximum Gasteiger partial charge on any atom is 0.121 e. The lowest BCUT2D eigenvalue weighted by Crippen LogP contribution is -2.21. The molecule has 78 valence electrons. The van der Waals surface area contributed by atoms with Crippen molar-refractivity contribution in [2.75, 3.05) is 25.4 Å². The first-order valence-electron chi connectivity index (χ1n) is 5.02. The monoisotopic (exact) mass is 194 g/mol. The van der Waals surface area contributed by atoms with Gasteiger partial charge in [-0.2, -0.15) is 0 Å². The van der Waals surface area contributed by atoms with Gasteiger partial charge in [-0.25, -0.2) is 0 Å². The molecule has 1 rings (SSSR count). The fraction of sp³-hybridized carbons (Fsp3) is 0.455. The van der Waals surface area contributed by atoms with E-state index in [4.69, 9.17) is 10.5 Å². The summed E-state index contributed by atoms with van der Waals surface area (Å²) in [7, 11) is 0. The molecule has 1 aromatic rings. The van der Waals surface area contributed by atoms with Gasteiger partial charge in [0.25, 0.3) is 0 Å². The summed E-state index contributed by atoms with van der Waals surface area (Å²) in [4.78, 5) is 0. The van der Waals surface area contributed by atoms with Gasteiger partial charge in [-0.1, -0.05) is 13.0 Å². The van der Waals surface area contributed by atoms with Gasteiger partial charge in [0.1, 0.15) is 12.4 Å². The van der Waals surface area contributed by atoms with Crippen molar-refractivity contribution in [3.63, 3.8) is 0 Å². The Balaban J connectivity index is 2.18. The minimum absolute atomic E-state index is 0.684. The molecule has 14 heavy (non-hydrogen) atoms. The molecular weight excluding hydrogens is 176 g/mol. The Bertz CT molecular complexity index is 263. The Morgan fingerprint density at radius 1 is 1.36 bits per heavy atom. The third kappa shape index (κ3) is 4.14. The highest BCUT2D eigenvalue weighted by Gasteiger charge is 1.93. The van der Waals surface area contributed by atoms with Crippen LogP contribution >= 0.6 is 0 Å². The van der Waals surface area contributed by atoms with Gasteiger partial charge in [-0.3, -0.25) is 0 Å². The van der Waals surface area contributed by atoms with Gasteiger partial charge in [-0.05, 0) is 25.1 Å². The second kappa shape index (κ2) is 6.27. The molecule has 0 amide bonds. The predicted octanol–water partition coefficient (Wildman–Crippen LogP) is 1.65. The van der Waals surface area contributed by atoms with Crippen LogP contribution in [0.5, 0.6) is 5.75 Å². The van der Waals surface area contributed by atoms with Crippen LogP contribution < -0.4 is 15.8 Å². The lowest BCUT2D eigenvalue weighted by Gasteiger charge is -2.07. The molecule has 0 aliphatic carbocycles. The molecule has 0 bridgehead atoms. The molecule has 0 radical (unpaired) electrons. The van der Waals surface area contributed by atoms with E-state index >= 15 is 0 Å². The van der Waals surface area contributed by atoms with Crippen molar-refractivity contribution in [1.82, 2.24) is 5.32 Å². The van der Waals surface area contributed by atoms with Crippen molar-refractivity contribution >= 4 is 5.69 Å². The van der Waals surface area contributed by atoms with Crippen LogP contribution in [0.3, 0.4) is 0 Å². The van der Waals surface area contributed by atoms with E-state index in [1.54, 1.807) is 0 Å². The van der Waals surface area contributed by atoms with Crippen molar-refractivity contribution in [3.8, 4) is 5.75 Å². The summed E-state index contributed by atoms with van der Waals surface area (Å²) in [6.07, 6.45) is 1.15. The molecule has 0 aliphatic rings. The fourth-order valence-corrected chi connectivity index (χ4v) is 1.15. The summed E-state index contributed by atoms with van der Waals surface area (Å²) < 4.78 is 5.49. The molecule has 0 atom stereocenters. The third-order valence-electron chi connectivity index (χ3n) is 1.83. The van der Waals surface area contributed by atoms with E-state index in [-0.39, 0.29) is 0 Å². The van der Waals surface area contributed by atoms with E-state index in [0.717, 1.165) is 30.9 Å². The Morgan fingerprint density at radius 2 is 2.21 bits per heavy atom. The molecule has 0 aliphatic heterocycles. The summed E-state index contributed by atoms with van der Waals surface area (Å²) >= 11 is 0. The number of anilines is 1. The van der Waals surface area contributed by atoms with Crippen LogP contribution in [0.2, 0.25) is 0 Å². The number of hydrogen-bond acceptors (Lipinski definition) is 3. The topological polar surface area (TPSA) is 47.3 Å². The first-order valence-corrected chi connectivity index (χ1v) is 5.02. The zero-order valence-electron chi connectivity index (χ0n) is 8.62. The van der Waals surface area contributed by atoms with Gasteiger partial charge in [0.2, 0.25) is 0 Å². The van der Waals surface area contributed by atoms with Gasteiger partial charge in [0.15, 0.2) is 0 Å². The van der Waals surface area contributed by atoms with Crippen LogP contribution in [0.25, 0.3) is 0 Å². The number of nitrogen functional groups attached to an aromatic ring is 1. The number of nitrogens with one attached hydrogen (secondary N) is 1. The SMILES string of the molecule is CCCNCCOc1cccc(N)c1. The number of nitrogens with two attached hydrogens (primary N) is 1. The van der Waals surface area contributed by atoms with Crippen LogP contribution in [-0.4, -0.2) is 19.7 Å². The Labute approximate surface area is 85.3 Å². The van der Waals surface area contributed by atoms with E-state index < -0.39 is 0 Å². The van der Waals surface area contributed by atoms with Gasteiger partial charge < -0.3 is 15.8 Å². The largest absolute Gasteiger partial charge is 0.492 e. The molecule has 0 fully saturated rings. The van der Waals surface area contributed by atoms with Crippen LogP contribution in [0, 0.1) is 0 Å². The lowest BCUT2D eigenvalue weighted by atomic mass is 10.3. The Morgan fingerprint density at radius 3 is 2.93 bits per heavy atom. The maximum absolute atomic E-state index is 5.61. The van der Waals surface area contributed by atoms with E-state index in [1.807, 2.05) is 24.3 Å². The molecular formula is C11H18N2O. The summed E-state index contributed by atoms with van der Waals surface area (Å²) in [5, 5.41) is 3.26.